The molecule has 96 valence electrons. The molecule has 0 atom stereocenters. The van der Waals surface area contributed by atoms with Crippen LogP contribution in [0, 0.1) is 5.82 Å². The predicted molar refractivity (Wildman–Crippen MR) is 67.7 cm³/mol. The molecule has 7 heteroatoms. The Morgan fingerprint density at radius 3 is 2.84 bits per heavy atom. The first kappa shape index (κ1) is 11.9. The van der Waals surface area contributed by atoms with Gasteiger partial charge in [0.1, 0.15) is 5.15 Å². The Hall–Kier alpha value is -2.21. The lowest BCUT2D eigenvalue weighted by Crippen LogP contribution is -1.96. The van der Waals surface area contributed by atoms with Gasteiger partial charge in [-0.1, -0.05) is 11.6 Å². The van der Waals surface area contributed by atoms with Crippen LogP contribution in [0.15, 0.2) is 30.3 Å². The maximum atomic E-state index is 13.4. The van der Waals surface area contributed by atoms with Gasteiger partial charge in [-0.3, -0.25) is 0 Å². The van der Waals surface area contributed by atoms with Crippen molar-refractivity contribution in [1.29, 1.82) is 0 Å². The van der Waals surface area contributed by atoms with Crippen molar-refractivity contribution in [2.24, 2.45) is 0 Å². The molecule has 0 aliphatic carbocycles. The third-order valence-corrected chi connectivity index (χ3v) is 2.84. The first-order valence-electron chi connectivity index (χ1n) is 5.41. The molecule has 0 saturated carbocycles. The van der Waals surface area contributed by atoms with Gasteiger partial charge in [0.15, 0.2) is 23.0 Å². The third kappa shape index (κ3) is 2.00. The van der Waals surface area contributed by atoms with Crippen molar-refractivity contribution >= 4 is 17.2 Å². The van der Waals surface area contributed by atoms with Crippen molar-refractivity contribution in [2.75, 3.05) is 7.11 Å². The summed E-state index contributed by atoms with van der Waals surface area (Å²) in [6.07, 6.45) is 0. The topological polar surface area (TPSA) is 52.3 Å². The minimum Gasteiger partial charge on any atom is -0.494 e. The van der Waals surface area contributed by atoms with E-state index < -0.39 is 5.82 Å². The molecule has 0 fully saturated rings. The third-order valence-electron chi connectivity index (χ3n) is 2.64. The fourth-order valence-electron chi connectivity index (χ4n) is 1.75. The highest BCUT2D eigenvalue weighted by Gasteiger charge is 2.12. The zero-order valence-electron chi connectivity index (χ0n) is 9.84. The summed E-state index contributed by atoms with van der Waals surface area (Å²) in [4.78, 5) is 0. The van der Waals surface area contributed by atoms with Crippen molar-refractivity contribution in [1.82, 2.24) is 19.8 Å². The monoisotopic (exact) mass is 278 g/mol. The van der Waals surface area contributed by atoms with Gasteiger partial charge in [-0.2, -0.15) is 9.61 Å². The highest BCUT2D eigenvalue weighted by molar-refractivity contribution is 6.29. The Balaban J connectivity index is 2.21. The van der Waals surface area contributed by atoms with Crippen LogP contribution in [0.1, 0.15) is 0 Å². The summed E-state index contributed by atoms with van der Waals surface area (Å²) >= 11 is 5.85. The number of hydrogen-bond acceptors (Lipinski definition) is 4. The van der Waals surface area contributed by atoms with Crippen LogP contribution in [0.5, 0.6) is 5.75 Å². The molecule has 0 unspecified atom stereocenters. The van der Waals surface area contributed by atoms with E-state index in [0.29, 0.717) is 22.2 Å². The quantitative estimate of drug-likeness (QED) is 0.723. The number of rotatable bonds is 2. The number of methoxy groups -OCH3 is 1. The number of benzene rings is 1. The van der Waals surface area contributed by atoms with Crippen molar-refractivity contribution in [3.05, 3.63) is 41.3 Å². The minimum atomic E-state index is -0.439. The van der Waals surface area contributed by atoms with E-state index in [1.54, 1.807) is 18.2 Å². The molecule has 0 aliphatic rings. The minimum absolute atomic E-state index is 0.135. The summed E-state index contributed by atoms with van der Waals surface area (Å²) in [5.41, 5.74) is 1.20. The van der Waals surface area contributed by atoms with E-state index in [4.69, 9.17) is 16.3 Å². The van der Waals surface area contributed by atoms with Crippen LogP contribution in [-0.4, -0.2) is 26.9 Å². The first-order chi connectivity index (χ1) is 9.19. The number of fused-ring (bicyclic) bond motifs is 1. The molecule has 1 aromatic carbocycles. The van der Waals surface area contributed by atoms with Crippen LogP contribution in [0.3, 0.4) is 0 Å². The first-order valence-corrected chi connectivity index (χ1v) is 5.79. The molecule has 19 heavy (non-hydrogen) atoms. The predicted octanol–water partition coefficient (Wildman–Crippen LogP) is 2.59. The van der Waals surface area contributed by atoms with E-state index in [1.807, 2.05) is 0 Å². The smallest absolute Gasteiger partial charge is 0.185 e. The molecular formula is C12H8ClFN4O. The number of halogens is 2. The molecule has 0 saturated heterocycles. The average Bonchev–Trinajstić information content (AvgIpc) is 2.82. The maximum absolute atomic E-state index is 13.4. The van der Waals surface area contributed by atoms with Crippen LogP contribution < -0.4 is 4.74 Å². The summed E-state index contributed by atoms with van der Waals surface area (Å²) in [6.45, 7) is 0. The second kappa shape index (κ2) is 4.47. The molecule has 2 aromatic heterocycles. The van der Waals surface area contributed by atoms with Crippen molar-refractivity contribution in [3.63, 3.8) is 0 Å². The Kier molecular flexibility index (Phi) is 2.79. The molecule has 5 nitrogen and oxygen atoms in total. The summed E-state index contributed by atoms with van der Waals surface area (Å²) in [6, 6.07) is 7.75. The SMILES string of the molecule is COc1cc(-c2nnc3ccc(Cl)nn23)ccc1F. The lowest BCUT2D eigenvalue weighted by molar-refractivity contribution is 0.386. The molecular weight excluding hydrogens is 271 g/mol. The summed E-state index contributed by atoms with van der Waals surface area (Å²) < 4.78 is 19.8. The number of nitrogens with zero attached hydrogens (tertiary/aromatic N) is 4. The molecule has 0 aliphatic heterocycles. The second-order valence-corrected chi connectivity index (χ2v) is 4.19. The van der Waals surface area contributed by atoms with Crippen molar-refractivity contribution in [2.45, 2.75) is 0 Å². The van der Waals surface area contributed by atoms with Crippen LogP contribution in [0.25, 0.3) is 17.0 Å². The molecule has 0 amide bonds. The van der Waals surface area contributed by atoms with Gasteiger partial charge in [-0.25, -0.2) is 4.39 Å². The Morgan fingerprint density at radius 2 is 2.05 bits per heavy atom. The van der Waals surface area contributed by atoms with E-state index in [2.05, 4.69) is 15.3 Å². The van der Waals surface area contributed by atoms with Crippen LogP contribution in [0.4, 0.5) is 4.39 Å². The van der Waals surface area contributed by atoms with Gasteiger partial charge in [0, 0.05) is 5.56 Å². The zero-order chi connectivity index (χ0) is 13.4. The lowest BCUT2D eigenvalue weighted by Gasteiger charge is -2.04. The maximum Gasteiger partial charge on any atom is 0.185 e. The summed E-state index contributed by atoms with van der Waals surface area (Å²) in [5.74, 6) is 0.165. The van der Waals surface area contributed by atoms with E-state index in [-0.39, 0.29) is 5.75 Å². The van der Waals surface area contributed by atoms with Gasteiger partial charge < -0.3 is 4.74 Å². The Morgan fingerprint density at radius 1 is 1.21 bits per heavy atom. The number of hydrogen-bond donors (Lipinski definition) is 0. The van der Waals surface area contributed by atoms with Gasteiger partial charge in [0.25, 0.3) is 0 Å². The molecule has 0 N–H and O–H groups in total. The van der Waals surface area contributed by atoms with Gasteiger partial charge in [-0.05, 0) is 30.3 Å². The summed E-state index contributed by atoms with van der Waals surface area (Å²) in [7, 11) is 1.40. The van der Waals surface area contributed by atoms with Crippen LogP contribution in [0.2, 0.25) is 5.15 Å². The lowest BCUT2D eigenvalue weighted by atomic mass is 10.2. The highest BCUT2D eigenvalue weighted by atomic mass is 35.5. The van der Waals surface area contributed by atoms with E-state index >= 15 is 0 Å². The van der Waals surface area contributed by atoms with Gasteiger partial charge >= 0.3 is 0 Å². The molecule has 0 bridgehead atoms. The van der Waals surface area contributed by atoms with Crippen LogP contribution in [-0.2, 0) is 0 Å². The summed E-state index contributed by atoms with van der Waals surface area (Å²) in [5, 5.41) is 12.4. The van der Waals surface area contributed by atoms with Crippen molar-refractivity contribution < 1.29 is 9.13 Å². The molecule has 2 heterocycles. The van der Waals surface area contributed by atoms with Gasteiger partial charge in [0.05, 0.1) is 7.11 Å². The zero-order valence-corrected chi connectivity index (χ0v) is 10.6. The van der Waals surface area contributed by atoms with E-state index in [9.17, 15) is 4.39 Å². The Bertz CT molecular complexity index is 759. The molecule has 3 rings (SSSR count). The standard InChI is InChI=1S/C12H8ClFN4O/c1-19-9-6-7(2-3-8(9)14)12-16-15-11-5-4-10(13)17-18(11)12/h2-6H,1H3. The average molecular weight is 279 g/mol. The largest absolute Gasteiger partial charge is 0.494 e. The van der Waals surface area contributed by atoms with E-state index in [1.165, 1.54) is 23.8 Å². The fourth-order valence-corrected chi connectivity index (χ4v) is 1.88. The van der Waals surface area contributed by atoms with Crippen LogP contribution >= 0.6 is 11.6 Å². The van der Waals surface area contributed by atoms with Gasteiger partial charge in [-0.15, -0.1) is 10.2 Å². The number of aromatic nitrogens is 4. The number of ether oxygens (including phenoxy) is 1. The highest BCUT2D eigenvalue weighted by Crippen LogP contribution is 2.25. The Labute approximate surface area is 112 Å². The van der Waals surface area contributed by atoms with E-state index in [0.717, 1.165) is 0 Å². The normalized spacial score (nSPS) is 10.9. The molecule has 3 aromatic rings. The fraction of sp³-hybridized carbons (Fsp3) is 0.0833. The second-order valence-electron chi connectivity index (χ2n) is 3.80. The molecule has 0 radical (unpaired) electrons. The van der Waals surface area contributed by atoms with Gasteiger partial charge in [0.2, 0.25) is 0 Å². The molecule has 0 spiro atoms. The van der Waals surface area contributed by atoms with Crippen molar-refractivity contribution in [3.8, 4) is 17.1 Å².